The van der Waals surface area contributed by atoms with Gasteiger partial charge in [-0.1, -0.05) is 17.7 Å². The van der Waals surface area contributed by atoms with Crippen LogP contribution in [0, 0.1) is 0 Å². The Balaban J connectivity index is 2.36. The smallest absolute Gasteiger partial charge is 0.129 e. The van der Waals surface area contributed by atoms with E-state index < -0.39 is 6.10 Å². The maximum absolute atomic E-state index is 10.0. The third kappa shape index (κ3) is 2.12. The van der Waals surface area contributed by atoms with E-state index in [0.717, 1.165) is 4.88 Å². The zero-order chi connectivity index (χ0) is 10.8. The summed E-state index contributed by atoms with van der Waals surface area (Å²) in [6, 6.07) is 7.02. The van der Waals surface area contributed by atoms with Gasteiger partial charge in [0.25, 0.3) is 0 Å². The first-order valence-electron chi connectivity index (χ1n) is 4.32. The van der Waals surface area contributed by atoms with Crippen LogP contribution in [0.5, 0.6) is 0 Å². The molecular formula is C10H9ClN2OS. The summed E-state index contributed by atoms with van der Waals surface area (Å²) in [6.07, 6.45) is 0.837. The summed E-state index contributed by atoms with van der Waals surface area (Å²) in [5.41, 5.74) is 6.27. The molecule has 0 aliphatic carbocycles. The van der Waals surface area contributed by atoms with E-state index in [4.69, 9.17) is 17.3 Å². The fourth-order valence-electron chi connectivity index (χ4n) is 1.29. The van der Waals surface area contributed by atoms with Crippen LogP contribution in [0.25, 0.3) is 0 Å². The summed E-state index contributed by atoms with van der Waals surface area (Å²) in [5, 5.41) is 10.0. The summed E-state index contributed by atoms with van der Waals surface area (Å²) in [7, 11) is 0. The van der Waals surface area contributed by atoms with Gasteiger partial charge in [0.05, 0.1) is 4.34 Å². The Kier molecular flexibility index (Phi) is 2.90. The lowest BCUT2D eigenvalue weighted by Gasteiger charge is -2.10. The van der Waals surface area contributed by atoms with E-state index in [-0.39, 0.29) is 0 Å². The minimum Gasteiger partial charge on any atom is -0.383 e. The van der Waals surface area contributed by atoms with Gasteiger partial charge in [0, 0.05) is 16.6 Å². The molecule has 3 nitrogen and oxygen atoms in total. The molecule has 0 aromatic carbocycles. The minimum atomic E-state index is -0.754. The van der Waals surface area contributed by atoms with Crippen molar-refractivity contribution in [3.8, 4) is 0 Å². The predicted octanol–water partition coefficient (Wildman–Crippen LogP) is 2.46. The Morgan fingerprint density at radius 1 is 1.40 bits per heavy atom. The number of halogens is 1. The number of pyridine rings is 1. The number of aliphatic hydroxyl groups is 1. The van der Waals surface area contributed by atoms with Crippen LogP contribution in [0.2, 0.25) is 4.34 Å². The molecule has 0 spiro atoms. The molecule has 2 heterocycles. The molecule has 3 N–H and O–H groups in total. The molecule has 0 amide bonds. The van der Waals surface area contributed by atoms with Gasteiger partial charge in [0.1, 0.15) is 11.9 Å². The number of nitrogens with zero attached hydrogens (tertiary/aromatic N) is 1. The van der Waals surface area contributed by atoms with Crippen molar-refractivity contribution in [1.29, 1.82) is 0 Å². The largest absolute Gasteiger partial charge is 0.383 e. The van der Waals surface area contributed by atoms with Gasteiger partial charge in [0.2, 0.25) is 0 Å². The van der Waals surface area contributed by atoms with E-state index >= 15 is 0 Å². The quantitative estimate of drug-likeness (QED) is 0.848. The van der Waals surface area contributed by atoms with Crippen LogP contribution < -0.4 is 5.73 Å². The van der Waals surface area contributed by atoms with Crippen molar-refractivity contribution in [2.45, 2.75) is 6.10 Å². The van der Waals surface area contributed by atoms with Gasteiger partial charge < -0.3 is 10.8 Å². The van der Waals surface area contributed by atoms with Gasteiger partial charge in [-0.2, -0.15) is 0 Å². The van der Waals surface area contributed by atoms with Gasteiger partial charge in [-0.3, -0.25) is 0 Å². The number of hydrogen-bond acceptors (Lipinski definition) is 4. The third-order valence-electron chi connectivity index (χ3n) is 2.03. The van der Waals surface area contributed by atoms with E-state index in [1.807, 2.05) is 0 Å². The molecule has 0 saturated heterocycles. The number of hydrogen-bond donors (Lipinski definition) is 2. The number of aliphatic hydroxyl groups excluding tert-OH is 1. The fourth-order valence-corrected chi connectivity index (χ4v) is 2.36. The van der Waals surface area contributed by atoms with E-state index in [0.29, 0.717) is 15.7 Å². The first-order chi connectivity index (χ1) is 7.18. The Morgan fingerprint density at radius 3 is 2.80 bits per heavy atom. The molecule has 0 bridgehead atoms. The Morgan fingerprint density at radius 2 is 2.20 bits per heavy atom. The summed E-state index contributed by atoms with van der Waals surface area (Å²) in [4.78, 5) is 4.69. The van der Waals surface area contributed by atoms with E-state index in [1.165, 1.54) is 11.3 Å². The van der Waals surface area contributed by atoms with E-state index in [1.54, 1.807) is 30.5 Å². The van der Waals surface area contributed by atoms with E-state index in [2.05, 4.69) is 4.98 Å². The lowest BCUT2D eigenvalue weighted by Crippen LogP contribution is -2.03. The Bertz CT molecular complexity index is 472. The highest BCUT2D eigenvalue weighted by atomic mass is 35.5. The van der Waals surface area contributed by atoms with Crippen LogP contribution in [0.1, 0.15) is 16.5 Å². The topological polar surface area (TPSA) is 59.1 Å². The van der Waals surface area contributed by atoms with Crippen LogP contribution in [-0.2, 0) is 0 Å². The maximum Gasteiger partial charge on any atom is 0.129 e. The fraction of sp³-hybridized carbons (Fsp3) is 0.100. The van der Waals surface area contributed by atoms with Crippen LogP contribution >= 0.6 is 22.9 Å². The van der Waals surface area contributed by atoms with Crippen LogP contribution in [0.4, 0.5) is 5.82 Å². The summed E-state index contributed by atoms with van der Waals surface area (Å²) in [5.74, 6) is 0.342. The zero-order valence-electron chi connectivity index (χ0n) is 7.72. The molecule has 1 atom stereocenters. The molecule has 5 heteroatoms. The lowest BCUT2D eigenvalue weighted by molar-refractivity contribution is 0.224. The second kappa shape index (κ2) is 4.18. The van der Waals surface area contributed by atoms with Crippen LogP contribution in [0.3, 0.4) is 0 Å². The number of anilines is 1. The molecule has 0 radical (unpaired) electrons. The summed E-state index contributed by atoms with van der Waals surface area (Å²) in [6.45, 7) is 0. The molecule has 0 aliphatic heterocycles. The SMILES string of the molecule is Nc1ncccc1C(O)c1ccc(Cl)s1. The number of nitrogens with two attached hydrogens (primary N) is 1. The van der Waals surface area contributed by atoms with Gasteiger partial charge in [0.15, 0.2) is 0 Å². The third-order valence-corrected chi connectivity index (χ3v) is 3.31. The molecular weight excluding hydrogens is 232 g/mol. The number of nitrogen functional groups attached to an aromatic ring is 1. The summed E-state index contributed by atoms with van der Waals surface area (Å²) < 4.78 is 0.645. The normalized spacial score (nSPS) is 12.7. The Labute approximate surface area is 96.2 Å². The van der Waals surface area contributed by atoms with Gasteiger partial charge in [-0.15, -0.1) is 11.3 Å². The van der Waals surface area contributed by atoms with Crippen molar-refractivity contribution in [3.63, 3.8) is 0 Å². The average molecular weight is 241 g/mol. The van der Waals surface area contributed by atoms with Crippen LogP contribution in [-0.4, -0.2) is 10.1 Å². The molecule has 15 heavy (non-hydrogen) atoms. The van der Waals surface area contributed by atoms with E-state index in [9.17, 15) is 5.11 Å². The van der Waals surface area contributed by atoms with Crippen molar-refractivity contribution in [2.75, 3.05) is 5.73 Å². The first-order valence-corrected chi connectivity index (χ1v) is 5.51. The van der Waals surface area contributed by atoms with Crippen molar-refractivity contribution in [2.24, 2.45) is 0 Å². The van der Waals surface area contributed by atoms with Crippen LogP contribution in [0.15, 0.2) is 30.5 Å². The van der Waals surface area contributed by atoms with Crippen molar-refractivity contribution in [1.82, 2.24) is 4.98 Å². The first kappa shape index (κ1) is 10.4. The van der Waals surface area contributed by atoms with Gasteiger partial charge in [-0.25, -0.2) is 4.98 Å². The molecule has 0 fully saturated rings. The number of rotatable bonds is 2. The highest BCUT2D eigenvalue weighted by molar-refractivity contribution is 7.16. The molecule has 2 rings (SSSR count). The number of aromatic nitrogens is 1. The average Bonchev–Trinajstić information content (AvgIpc) is 2.65. The number of thiophene rings is 1. The molecule has 0 saturated carbocycles. The van der Waals surface area contributed by atoms with Gasteiger partial charge >= 0.3 is 0 Å². The summed E-state index contributed by atoms with van der Waals surface area (Å²) >= 11 is 7.12. The molecule has 0 aliphatic rings. The lowest BCUT2D eigenvalue weighted by atomic mass is 10.1. The van der Waals surface area contributed by atoms with Crippen molar-refractivity contribution >= 4 is 28.8 Å². The van der Waals surface area contributed by atoms with Crippen molar-refractivity contribution in [3.05, 3.63) is 45.2 Å². The molecule has 2 aromatic heterocycles. The predicted molar refractivity (Wildman–Crippen MR) is 62.0 cm³/mol. The minimum absolute atomic E-state index is 0.342. The zero-order valence-corrected chi connectivity index (χ0v) is 9.29. The maximum atomic E-state index is 10.0. The van der Waals surface area contributed by atoms with Gasteiger partial charge in [-0.05, 0) is 18.2 Å². The Hall–Kier alpha value is -1.10. The van der Waals surface area contributed by atoms with Crippen molar-refractivity contribution < 1.29 is 5.11 Å². The molecule has 1 unspecified atom stereocenters. The standard InChI is InChI=1S/C10H9ClN2OS/c11-8-4-3-7(15-8)9(14)6-2-1-5-13-10(6)12/h1-5,9,14H,(H2,12,13). The highest BCUT2D eigenvalue weighted by Crippen LogP contribution is 2.32. The highest BCUT2D eigenvalue weighted by Gasteiger charge is 2.15. The monoisotopic (exact) mass is 240 g/mol. The molecule has 2 aromatic rings. The second-order valence-electron chi connectivity index (χ2n) is 3.02. The second-order valence-corrected chi connectivity index (χ2v) is 4.77. The molecule has 78 valence electrons.